The Morgan fingerprint density at radius 1 is 1.33 bits per heavy atom. The molecule has 1 aromatic rings. The lowest BCUT2D eigenvalue weighted by Crippen LogP contribution is -2.28. The Bertz CT molecular complexity index is 431. The molecule has 18 heavy (non-hydrogen) atoms. The minimum absolute atomic E-state index is 0.0914. The highest BCUT2D eigenvalue weighted by Crippen LogP contribution is 2.40. The normalized spacial score (nSPS) is 21.0. The molecule has 1 aliphatic rings. The zero-order valence-corrected chi connectivity index (χ0v) is 12.1. The van der Waals surface area contributed by atoms with Gasteiger partial charge in [-0.1, -0.05) is 32.4 Å². The van der Waals surface area contributed by atoms with Gasteiger partial charge in [-0.05, 0) is 42.5 Å². The molecule has 0 saturated carbocycles. The van der Waals surface area contributed by atoms with Crippen molar-refractivity contribution in [3.05, 3.63) is 28.3 Å². The molecule has 2 N–H and O–H groups in total. The number of phenols is 1. The highest BCUT2D eigenvalue weighted by molar-refractivity contribution is 6.30. The number of hydrogen-bond donors (Lipinski definition) is 2. The third kappa shape index (κ3) is 2.81. The van der Waals surface area contributed by atoms with Gasteiger partial charge >= 0.3 is 0 Å². The first kappa shape index (κ1) is 13.7. The average Bonchev–Trinajstić information content (AvgIpc) is 2.31. The fraction of sp³-hybridized carbons (Fsp3) is 0.600. The van der Waals surface area contributed by atoms with Gasteiger partial charge in [0.2, 0.25) is 0 Å². The van der Waals surface area contributed by atoms with Crippen LogP contribution in [0.25, 0.3) is 0 Å². The molecule has 0 radical (unpaired) electrons. The standard InChI is InChI=1S/C15H22ClNO/c1-15(2,3)13-8-11(16)7-12(14(13)18)10-5-4-6-17-9-10/h7-8,10,17-18H,4-6,9H2,1-3H3. The third-order valence-electron chi connectivity index (χ3n) is 3.65. The van der Waals surface area contributed by atoms with E-state index in [1.165, 1.54) is 0 Å². The Kier molecular flexibility index (Phi) is 3.88. The molecule has 1 fully saturated rings. The maximum atomic E-state index is 10.5. The van der Waals surface area contributed by atoms with Crippen molar-refractivity contribution in [3.8, 4) is 5.75 Å². The molecule has 100 valence electrons. The van der Waals surface area contributed by atoms with Crippen molar-refractivity contribution in [2.24, 2.45) is 0 Å². The number of halogens is 1. The van der Waals surface area contributed by atoms with E-state index in [4.69, 9.17) is 11.6 Å². The molecule has 3 heteroatoms. The van der Waals surface area contributed by atoms with Crippen molar-refractivity contribution in [1.29, 1.82) is 0 Å². The van der Waals surface area contributed by atoms with Crippen LogP contribution < -0.4 is 5.32 Å². The number of rotatable bonds is 1. The van der Waals surface area contributed by atoms with Crippen LogP contribution in [0.2, 0.25) is 5.02 Å². The van der Waals surface area contributed by atoms with Crippen molar-refractivity contribution >= 4 is 11.6 Å². The van der Waals surface area contributed by atoms with Crippen LogP contribution in [0, 0.1) is 0 Å². The van der Waals surface area contributed by atoms with Gasteiger partial charge in [-0.15, -0.1) is 0 Å². The van der Waals surface area contributed by atoms with E-state index in [-0.39, 0.29) is 5.41 Å². The van der Waals surface area contributed by atoms with Gasteiger partial charge in [0.1, 0.15) is 5.75 Å². The SMILES string of the molecule is CC(C)(C)c1cc(Cl)cc(C2CCCNC2)c1O. The summed E-state index contributed by atoms with van der Waals surface area (Å²) in [5.41, 5.74) is 1.85. The Morgan fingerprint density at radius 3 is 2.61 bits per heavy atom. The lowest BCUT2D eigenvalue weighted by Gasteiger charge is -2.28. The molecule has 1 saturated heterocycles. The summed E-state index contributed by atoms with van der Waals surface area (Å²) < 4.78 is 0. The highest BCUT2D eigenvalue weighted by Gasteiger charge is 2.25. The van der Waals surface area contributed by atoms with E-state index in [1.807, 2.05) is 12.1 Å². The molecule has 0 aromatic heterocycles. The largest absolute Gasteiger partial charge is 0.507 e. The first-order chi connectivity index (χ1) is 8.39. The molecule has 1 atom stereocenters. The van der Waals surface area contributed by atoms with Crippen molar-refractivity contribution < 1.29 is 5.11 Å². The maximum Gasteiger partial charge on any atom is 0.122 e. The summed E-state index contributed by atoms with van der Waals surface area (Å²) in [7, 11) is 0. The minimum Gasteiger partial charge on any atom is -0.507 e. The summed E-state index contributed by atoms with van der Waals surface area (Å²) in [4.78, 5) is 0. The van der Waals surface area contributed by atoms with Crippen LogP contribution in [0.4, 0.5) is 0 Å². The lowest BCUT2D eigenvalue weighted by molar-refractivity contribution is 0.411. The first-order valence-corrected chi connectivity index (χ1v) is 7.01. The number of phenolic OH excluding ortho intramolecular Hbond substituents is 1. The van der Waals surface area contributed by atoms with E-state index in [0.717, 1.165) is 42.1 Å². The molecule has 0 spiro atoms. The average molecular weight is 268 g/mol. The van der Waals surface area contributed by atoms with E-state index >= 15 is 0 Å². The number of benzene rings is 1. The van der Waals surface area contributed by atoms with Gasteiger partial charge < -0.3 is 10.4 Å². The highest BCUT2D eigenvalue weighted by atomic mass is 35.5. The monoisotopic (exact) mass is 267 g/mol. The smallest absolute Gasteiger partial charge is 0.122 e. The summed E-state index contributed by atoms with van der Waals surface area (Å²) in [6.45, 7) is 8.30. The summed E-state index contributed by atoms with van der Waals surface area (Å²) in [5.74, 6) is 0.805. The second kappa shape index (κ2) is 5.10. The Balaban J connectivity index is 2.44. The second-order valence-electron chi connectivity index (χ2n) is 6.18. The van der Waals surface area contributed by atoms with Crippen LogP contribution in [-0.2, 0) is 5.41 Å². The Hall–Kier alpha value is -0.730. The van der Waals surface area contributed by atoms with Gasteiger partial charge in [0.25, 0.3) is 0 Å². The van der Waals surface area contributed by atoms with Gasteiger partial charge in [0, 0.05) is 23.0 Å². The molecule has 1 unspecified atom stereocenters. The van der Waals surface area contributed by atoms with Crippen molar-refractivity contribution in [3.63, 3.8) is 0 Å². The molecular formula is C15H22ClNO. The van der Waals surface area contributed by atoms with Gasteiger partial charge in [0.05, 0.1) is 0 Å². The van der Waals surface area contributed by atoms with E-state index in [9.17, 15) is 5.11 Å². The molecule has 1 aliphatic heterocycles. The van der Waals surface area contributed by atoms with Gasteiger partial charge in [-0.2, -0.15) is 0 Å². The summed E-state index contributed by atoms with van der Waals surface area (Å²) in [5, 5.41) is 14.6. The Labute approximate surface area is 114 Å². The molecule has 2 nitrogen and oxygen atoms in total. The molecule has 1 aromatic carbocycles. The number of nitrogens with one attached hydrogen (secondary N) is 1. The third-order valence-corrected chi connectivity index (χ3v) is 3.87. The summed E-state index contributed by atoms with van der Waals surface area (Å²) >= 11 is 6.22. The van der Waals surface area contributed by atoms with Crippen molar-refractivity contribution in [1.82, 2.24) is 5.32 Å². The molecule has 1 heterocycles. The Morgan fingerprint density at radius 2 is 2.06 bits per heavy atom. The molecule has 0 amide bonds. The summed E-state index contributed by atoms with van der Waals surface area (Å²) in [6, 6.07) is 3.81. The first-order valence-electron chi connectivity index (χ1n) is 6.63. The fourth-order valence-corrected chi connectivity index (χ4v) is 2.85. The van der Waals surface area contributed by atoms with E-state index in [2.05, 4.69) is 26.1 Å². The van der Waals surface area contributed by atoms with Gasteiger partial charge in [-0.3, -0.25) is 0 Å². The zero-order valence-electron chi connectivity index (χ0n) is 11.4. The molecule has 0 aliphatic carbocycles. The fourth-order valence-electron chi connectivity index (χ4n) is 2.62. The van der Waals surface area contributed by atoms with Gasteiger partial charge in [-0.25, -0.2) is 0 Å². The molecule has 0 bridgehead atoms. The molecule has 2 rings (SSSR count). The van der Waals surface area contributed by atoms with Crippen LogP contribution in [-0.4, -0.2) is 18.2 Å². The minimum atomic E-state index is -0.0914. The quantitative estimate of drug-likeness (QED) is 0.811. The van der Waals surface area contributed by atoms with E-state index in [1.54, 1.807) is 0 Å². The zero-order chi connectivity index (χ0) is 13.3. The number of aromatic hydroxyl groups is 1. The van der Waals surface area contributed by atoms with Gasteiger partial charge in [0.15, 0.2) is 0 Å². The van der Waals surface area contributed by atoms with E-state index in [0.29, 0.717) is 11.7 Å². The van der Waals surface area contributed by atoms with Crippen molar-refractivity contribution in [2.75, 3.05) is 13.1 Å². The van der Waals surface area contributed by atoms with Crippen LogP contribution in [0.3, 0.4) is 0 Å². The van der Waals surface area contributed by atoms with Crippen LogP contribution in [0.5, 0.6) is 5.75 Å². The van der Waals surface area contributed by atoms with Crippen LogP contribution >= 0.6 is 11.6 Å². The lowest BCUT2D eigenvalue weighted by atomic mass is 9.82. The van der Waals surface area contributed by atoms with E-state index < -0.39 is 0 Å². The summed E-state index contributed by atoms with van der Waals surface area (Å²) in [6.07, 6.45) is 2.27. The maximum absolute atomic E-state index is 10.5. The predicted molar refractivity (Wildman–Crippen MR) is 76.7 cm³/mol. The van der Waals surface area contributed by atoms with Crippen molar-refractivity contribution in [2.45, 2.75) is 44.9 Å². The van der Waals surface area contributed by atoms with Crippen LogP contribution in [0.1, 0.15) is 50.7 Å². The number of piperidine rings is 1. The molecular weight excluding hydrogens is 246 g/mol. The second-order valence-corrected chi connectivity index (χ2v) is 6.62. The topological polar surface area (TPSA) is 32.3 Å². The predicted octanol–water partition coefficient (Wildman–Crippen LogP) is 3.81. The van der Waals surface area contributed by atoms with Crippen LogP contribution in [0.15, 0.2) is 12.1 Å². The number of hydrogen-bond acceptors (Lipinski definition) is 2.